The summed E-state index contributed by atoms with van der Waals surface area (Å²) in [5.41, 5.74) is 3.68. The van der Waals surface area contributed by atoms with Crippen molar-refractivity contribution in [2.45, 2.75) is 26.7 Å². The van der Waals surface area contributed by atoms with Crippen LogP contribution in [-0.4, -0.2) is 44.2 Å². The number of nitrogens with one attached hydrogen (secondary N) is 2. The van der Waals surface area contributed by atoms with Crippen LogP contribution in [0.5, 0.6) is 0 Å². The van der Waals surface area contributed by atoms with Gasteiger partial charge in [-0.15, -0.1) is 11.3 Å². The van der Waals surface area contributed by atoms with E-state index in [1.165, 1.54) is 17.7 Å². The molecule has 2 aromatic rings. The van der Waals surface area contributed by atoms with Gasteiger partial charge in [0.2, 0.25) is 0 Å². The summed E-state index contributed by atoms with van der Waals surface area (Å²) in [6.07, 6.45) is 2.09. The molecule has 0 spiro atoms. The summed E-state index contributed by atoms with van der Waals surface area (Å²) < 4.78 is 0. The van der Waals surface area contributed by atoms with Crippen molar-refractivity contribution in [3.8, 4) is 0 Å². The molecule has 1 saturated heterocycles. The van der Waals surface area contributed by atoms with E-state index >= 15 is 0 Å². The summed E-state index contributed by atoms with van der Waals surface area (Å²) in [6, 6.07) is 6.13. The number of rotatable bonds is 6. The molecule has 1 atom stereocenters. The van der Waals surface area contributed by atoms with Gasteiger partial charge in [-0.2, -0.15) is 0 Å². The number of halogens is 1. The minimum absolute atomic E-state index is 0.600. The van der Waals surface area contributed by atoms with Crippen molar-refractivity contribution < 1.29 is 0 Å². The molecule has 0 bridgehead atoms. The summed E-state index contributed by atoms with van der Waals surface area (Å²) in [4.78, 5) is 11.3. The number of guanidine groups is 1. The standard InChI is InChI=1S/C20H28ClN5S/c1-14-4-5-17(21)10-19(14)26-9-7-16(12-26)11-24-20(22-3)23-8-6-18-13-27-15(2)25-18/h4-5,10,13,16H,6-9,11-12H2,1-3H3,(H2,22,23,24). The highest BCUT2D eigenvalue weighted by Gasteiger charge is 2.24. The van der Waals surface area contributed by atoms with Gasteiger partial charge in [-0.3, -0.25) is 4.99 Å². The summed E-state index contributed by atoms with van der Waals surface area (Å²) in [7, 11) is 1.82. The van der Waals surface area contributed by atoms with Gasteiger partial charge in [0.15, 0.2) is 5.96 Å². The summed E-state index contributed by atoms with van der Waals surface area (Å²) in [5.74, 6) is 1.46. The summed E-state index contributed by atoms with van der Waals surface area (Å²) in [5, 5.41) is 10.9. The van der Waals surface area contributed by atoms with Crippen LogP contribution in [0.25, 0.3) is 0 Å². The first kappa shape index (κ1) is 20.0. The first-order valence-corrected chi connectivity index (χ1v) is 10.7. The van der Waals surface area contributed by atoms with Crippen LogP contribution in [-0.2, 0) is 6.42 Å². The predicted octanol–water partition coefficient (Wildman–Crippen LogP) is 3.65. The molecule has 0 radical (unpaired) electrons. The van der Waals surface area contributed by atoms with Gasteiger partial charge >= 0.3 is 0 Å². The molecule has 1 aromatic carbocycles. The largest absolute Gasteiger partial charge is 0.371 e. The van der Waals surface area contributed by atoms with Crippen LogP contribution < -0.4 is 15.5 Å². The smallest absolute Gasteiger partial charge is 0.190 e. The Balaban J connectivity index is 1.43. The molecule has 2 N–H and O–H groups in total. The highest BCUT2D eigenvalue weighted by Crippen LogP contribution is 2.29. The van der Waals surface area contributed by atoms with E-state index in [0.29, 0.717) is 5.92 Å². The number of anilines is 1. The number of hydrogen-bond donors (Lipinski definition) is 2. The molecule has 0 saturated carbocycles. The SMILES string of the molecule is CN=C(NCCc1csc(C)n1)NCC1CCN(c2cc(Cl)ccc2C)C1. The fourth-order valence-corrected chi connectivity index (χ4v) is 4.25. The molecule has 1 aliphatic heterocycles. The molecular weight excluding hydrogens is 378 g/mol. The number of nitrogens with zero attached hydrogens (tertiary/aromatic N) is 3. The van der Waals surface area contributed by atoms with Gasteiger partial charge < -0.3 is 15.5 Å². The van der Waals surface area contributed by atoms with Crippen LogP contribution >= 0.6 is 22.9 Å². The maximum absolute atomic E-state index is 6.18. The molecule has 1 unspecified atom stereocenters. The zero-order valence-corrected chi connectivity index (χ0v) is 17.8. The third kappa shape index (κ3) is 5.59. The average molecular weight is 406 g/mol. The third-order valence-electron chi connectivity index (χ3n) is 4.92. The van der Waals surface area contributed by atoms with Crippen molar-refractivity contribution in [1.82, 2.24) is 15.6 Å². The van der Waals surface area contributed by atoms with Gasteiger partial charge in [0.25, 0.3) is 0 Å². The maximum Gasteiger partial charge on any atom is 0.190 e. The molecule has 5 nitrogen and oxygen atoms in total. The van der Waals surface area contributed by atoms with Crippen LogP contribution in [0, 0.1) is 19.8 Å². The first-order valence-electron chi connectivity index (χ1n) is 9.42. The van der Waals surface area contributed by atoms with Gasteiger partial charge in [-0.05, 0) is 43.9 Å². The second kappa shape index (κ2) is 9.42. The Morgan fingerprint density at radius 1 is 1.37 bits per heavy atom. The van der Waals surface area contributed by atoms with Crippen LogP contribution in [0.4, 0.5) is 5.69 Å². The number of thiazole rings is 1. The van der Waals surface area contributed by atoms with E-state index in [1.54, 1.807) is 11.3 Å². The predicted molar refractivity (Wildman–Crippen MR) is 116 cm³/mol. The Morgan fingerprint density at radius 2 is 2.22 bits per heavy atom. The highest BCUT2D eigenvalue weighted by molar-refractivity contribution is 7.09. The van der Waals surface area contributed by atoms with Crippen LogP contribution in [0.3, 0.4) is 0 Å². The lowest BCUT2D eigenvalue weighted by molar-refractivity contribution is 0.565. The van der Waals surface area contributed by atoms with E-state index in [2.05, 4.69) is 49.9 Å². The van der Waals surface area contributed by atoms with E-state index in [4.69, 9.17) is 11.6 Å². The zero-order chi connectivity index (χ0) is 19.2. The molecule has 0 amide bonds. The fraction of sp³-hybridized carbons (Fsp3) is 0.500. The fourth-order valence-electron chi connectivity index (χ4n) is 3.43. The number of aliphatic imine (C=N–C) groups is 1. The van der Waals surface area contributed by atoms with E-state index in [1.807, 2.05) is 20.0 Å². The lowest BCUT2D eigenvalue weighted by Crippen LogP contribution is -2.41. The minimum atomic E-state index is 0.600. The molecular formula is C20H28ClN5S. The Morgan fingerprint density at radius 3 is 2.96 bits per heavy atom. The molecule has 27 heavy (non-hydrogen) atoms. The number of aromatic nitrogens is 1. The lowest BCUT2D eigenvalue weighted by atomic mass is 10.1. The topological polar surface area (TPSA) is 52.6 Å². The first-order chi connectivity index (χ1) is 13.0. The molecule has 3 rings (SSSR count). The molecule has 0 aliphatic carbocycles. The van der Waals surface area contributed by atoms with Gasteiger partial charge in [0.1, 0.15) is 0 Å². The van der Waals surface area contributed by atoms with Gasteiger partial charge in [-0.25, -0.2) is 4.98 Å². The van der Waals surface area contributed by atoms with E-state index in [0.717, 1.165) is 54.3 Å². The van der Waals surface area contributed by atoms with Crippen LogP contribution in [0.2, 0.25) is 5.02 Å². The molecule has 7 heteroatoms. The second-order valence-electron chi connectivity index (χ2n) is 7.02. The van der Waals surface area contributed by atoms with E-state index in [-0.39, 0.29) is 0 Å². The Kier molecular flexibility index (Phi) is 6.96. The number of hydrogen-bond acceptors (Lipinski definition) is 4. The van der Waals surface area contributed by atoms with Crippen LogP contribution in [0.15, 0.2) is 28.6 Å². The minimum Gasteiger partial charge on any atom is -0.371 e. The Bertz CT molecular complexity index is 788. The number of benzene rings is 1. The van der Waals surface area contributed by atoms with E-state index in [9.17, 15) is 0 Å². The van der Waals surface area contributed by atoms with Crippen LogP contribution in [0.1, 0.15) is 22.7 Å². The maximum atomic E-state index is 6.18. The third-order valence-corrected chi connectivity index (χ3v) is 5.98. The van der Waals surface area contributed by atoms with E-state index < -0.39 is 0 Å². The molecule has 2 heterocycles. The second-order valence-corrected chi connectivity index (χ2v) is 8.52. The molecule has 1 aromatic heterocycles. The highest BCUT2D eigenvalue weighted by atomic mass is 35.5. The summed E-state index contributed by atoms with van der Waals surface area (Å²) in [6.45, 7) is 8.06. The summed E-state index contributed by atoms with van der Waals surface area (Å²) >= 11 is 7.88. The van der Waals surface area contributed by atoms with Gasteiger partial charge in [-0.1, -0.05) is 17.7 Å². The Labute approximate surface area is 170 Å². The van der Waals surface area contributed by atoms with Gasteiger partial charge in [0.05, 0.1) is 10.7 Å². The average Bonchev–Trinajstić information content (AvgIpc) is 3.29. The van der Waals surface area contributed by atoms with Crippen molar-refractivity contribution in [2.24, 2.45) is 10.9 Å². The van der Waals surface area contributed by atoms with Crippen molar-refractivity contribution >= 4 is 34.6 Å². The van der Waals surface area contributed by atoms with Gasteiger partial charge in [0, 0.05) is 55.7 Å². The quantitative estimate of drug-likeness (QED) is 0.569. The van der Waals surface area contributed by atoms with Crippen molar-refractivity contribution in [3.05, 3.63) is 44.9 Å². The van der Waals surface area contributed by atoms with Crippen molar-refractivity contribution in [1.29, 1.82) is 0 Å². The Hall–Kier alpha value is -1.79. The molecule has 146 valence electrons. The normalized spacial score (nSPS) is 17.4. The van der Waals surface area contributed by atoms with Crippen molar-refractivity contribution in [3.63, 3.8) is 0 Å². The number of aryl methyl sites for hydroxylation is 2. The van der Waals surface area contributed by atoms with Crippen molar-refractivity contribution in [2.75, 3.05) is 38.1 Å². The lowest BCUT2D eigenvalue weighted by Gasteiger charge is -2.21. The zero-order valence-electron chi connectivity index (χ0n) is 16.3. The monoisotopic (exact) mass is 405 g/mol. The molecule has 1 fully saturated rings. The molecule has 1 aliphatic rings.